The van der Waals surface area contributed by atoms with E-state index in [4.69, 9.17) is 5.84 Å². The molecule has 0 aliphatic heterocycles. The second-order valence-corrected chi connectivity index (χ2v) is 2.59. The van der Waals surface area contributed by atoms with Gasteiger partial charge in [-0.2, -0.15) is 0 Å². The van der Waals surface area contributed by atoms with E-state index in [0.29, 0.717) is 10.6 Å². The Balaban J connectivity index is 3.17. The third-order valence-electron chi connectivity index (χ3n) is 1.34. The molecule has 0 heterocycles. The molecule has 6 heteroatoms. The molecule has 0 aliphatic rings. The Hall–Kier alpha value is -1.27. The monoisotopic (exact) mass is 185 g/mol. The van der Waals surface area contributed by atoms with E-state index in [1.54, 1.807) is 6.07 Å². The molecule has 0 unspecified atom stereocenters. The van der Waals surface area contributed by atoms with Gasteiger partial charge in [-0.1, -0.05) is 0 Å². The van der Waals surface area contributed by atoms with E-state index in [-0.39, 0.29) is 5.69 Å². The Kier molecular flexibility index (Phi) is 2.51. The minimum Gasteiger partial charge on any atom is -0.324 e. The number of benzene rings is 1. The lowest BCUT2D eigenvalue weighted by molar-refractivity contribution is -0.387. The van der Waals surface area contributed by atoms with Crippen molar-refractivity contribution in [1.29, 1.82) is 0 Å². The lowest BCUT2D eigenvalue weighted by atomic mass is 10.3. The number of nitrogens with one attached hydrogen (secondary N) is 1. The maximum Gasteiger partial charge on any atom is 0.284 e. The number of rotatable bonds is 2. The summed E-state index contributed by atoms with van der Waals surface area (Å²) >= 11 is 3.91. The van der Waals surface area contributed by atoms with Crippen LogP contribution in [0.3, 0.4) is 0 Å². The number of hydrogen-bond donors (Lipinski definition) is 3. The highest BCUT2D eigenvalue weighted by atomic mass is 32.1. The maximum atomic E-state index is 10.4. The summed E-state index contributed by atoms with van der Waals surface area (Å²) in [5.74, 6) is 5.07. The molecule has 0 aliphatic carbocycles. The molecule has 0 amide bonds. The molecule has 0 bridgehead atoms. The van der Waals surface area contributed by atoms with Crippen LogP contribution < -0.4 is 11.3 Å². The van der Waals surface area contributed by atoms with Crippen molar-refractivity contribution in [3.05, 3.63) is 28.3 Å². The first-order chi connectivity index (χ1) is 5.65. The van der Waals surface area contributed by atoms with Crippen LogP contribution >= 0.6 is 12.6 Å². The lowest BCUT2D eigenvalue weighted by Crippen LogP contribution is -2.06. The largest absolute Gasteiger partial charge is 0.324 e. The van der Waals surface area contributed by atoms with Crippen LogP contribution in [-0.2, 0) is 0 Å². The van der Waals surface area contributed by atoms with E-state index in [1.165, 1.54) is 12.1 Å². The molecular formula is C6H7N3O2S. The van der Waals surface area contributed by atoms with Crippen LogP contribution in [-0.4, -0.2) is 4.92 Å². The fraction of sp³-hybridized carbons (Fsp3) is 0. The van der Waals surface area contributed by atoms with Crippen LogP contribution in [0, 0.1) is 10.1 Å². The number of thiol groups is 1. The van der Waals surface area contributed by atoms with Crippen LogP contribution in [0.1, 0.15) is 0 Å². The zero-order valence-corrected chi connectivity index (χ0v) is 6.91. The molecule has 64 valence electrons. The Morgan fingerprint density at radius 2 is 2.25 bits per heavy atom. The average molecular weight is 185 g/mol. The highest BCUT2D eigenvalue weighted by molar-refractivity contribution is 7.80. The van der Waals surface area contributed by atoms with Crippen LogP contribution in [0.15, 0.2) is 23.1 Å². The Labute approximate surface area is 74.1 Å². The van der Waals surface area contributed by atoms with Gasteiger partial charge in [0, 0.05) is 6.07 Å². The van der Waals surface area contributed by atoms with Gasteiger partial charge < -0.3 is 5.43 Å². The number of nitro groups is 1. The van der Waals surface area contributed by atoms with Gasteiger partial charge in [-0.15, -0.1) is 12.6 Å². The Bertz CT molecular complexity index is 316. The van der Waals surface area contributed by atoms with Crippen molar-refractivity contribution < 1.29 is 4.92 Å². The molecular weight excluding hydrogens is 178 g/mol. The minimum atomic E-state index is -0.511. The number of nitrogens with two attached hydrogens (primary N) is 1. The van der Waals surface area contributed by atoms with Crippen molar-refractivity contribution >= 4 is 24.0 Å². The van der Waals surface area contributed by atoms with E-state index in [9.17, 15) is 10.1 Å². The van der Waals surface area contributed by atoms with E-state index in [0.717, 1.165) is 0 Å². The molecule has 5 nitrogen and oxygen atoms in total. The van der Waals surface area contributed by atoms with E-state index in [1.807, 2.05) is 0 Å². The van der Waals surface area contributed by atoms with Gasteiger partial charge in [0.05, 0.1) is 15.5 Å². The van der Waals surface area contributed by atoms with Crippen molar-refractivity contribution in [2.45, 2.75) is 4.90 Å². The fourth-order valence-electron chi connectivity index (χ4n) is 0.759. The van der Waals surface area contributed by atoms with Crippen LogP contribution in [0.25, 0.3) is 0 Å². The second kappa shape index (κ2) is 3.42. The zero-order valence-electron chi connectivity index (χ0n) is 6.02. The molecule has 12 heavy (non-hydrogen) atoms. The predicted octanol–water partition coefficient (Wildman–Crippen LogP) is 1.17. The molecule has 0 saturated carbocycles. The molecule has 0 fully saturated rings. The van der Waals surface area contributed by atoms with Gasteiger partial charge in [-0.05, 0) is 12.1 Å². The smallest absolute Gasteiger partial charge is 0.284 e. The van der Waals surface area contributed by atoms with E-state index in [2.05, 4.69) is 18.1 Å². The van der Waals surface area contributed by atoms with Crippen LogP contribution in [0.4, 0.5) is 11.4 Å². The first kappa shape index (κ1) is 8.82. The zero-order chi connectivity index (χ0) is 9.14. The fourth-order valence-corrected chi connectivity index (χ4v) is 0.980. The maximum absolute atomic E-state index is 10.4. The number of hydrazine groups is 1. The van der Waals surface area contributed by atoms with Crippen molar-refractivity contribution in [2.24, 2.45) is 5.84 Å². The third kappa shape index (κ3) is 1.66. The predicted molar refractivity (Wildman–Crippen MR) is 48.2 cm³/mol. The highest BCUT2D eigenvalue weighted by Crippen LogP contribution is 2.25. The summed E-state index contributed by atoms with van der Waals surface area (Å²) in [6.45, 7) is 0. The van der Waals surface area contributed by atoms with Gasteiger partial charge in [-0.3, -0.25) is 16.0 Å². The summed E-state index contributed by atoms with van der Waals surface area (Å²) in [5.41, 5.74) is 2.74. The summed E-state index contributed by atoms with van der Waals surface area (Å²) in [4.78, 5) is 10.2. The SMILES string of the molecule is NNc1ccc(S)c([N+](=O)[O-])c1. The van der Waals surface area contributed by atoms with Crippen LogP contribution in [0.2, 0.25) is 0 Å². The summed E-state index contributed by atoms with van der Waals surface area (Å²) < 4.78 is 0. The van der Waals surface area contributed by atoms with Crippen molar-refractivity contribution in [3.63, 3.8) is 0 Å². The van der Waals surface area contributed by atoms with E-state index < -0.39 is 4.92 Å². The number of nitrogen functional groups attached to an aromatic ring is 1. The van der Waals surface area contributed by atoms with Gasteiger partial charge in [-0.25, -0.2) is 0 Å². The number of nitrogens with zero attached hydrogens (tertiary/aromatic N) is 1. The van der Waals surface area contributed by atoms with Gasteiger partial charge in [0.15, 0.2) is 0 Å². The molecule has 3 N–H and O–H groups in total. The van der Waals surface area contributed by atoms with E-state index >= 15 is 0 Å². The standard InChI is InChI=1S/C6H7N3O2S/c7-8-4-1-2-6(12)5(3-4)9(10)11/h1-3,8,12H,7H2. The molecule has 1 aromatic carbocycles. The molecule has 0 atom stereocenters. The Morgan fingerprint density at radius 3 is 2.75 bits per heavy atom. The first-order valence-corrected chi connectivity index (χ1v) is 3.54. The average Bonchev–Trinajstić information content (AvgIpc) is 2.05. The third-order valence-corrected chi connectivity index (χ3v) is 1.72. The first-order valence-electron chi connectivity index (χ1n) is 3.09. The van der Waals surface area contributed by atoms with Gasteiger partial charge in [0.2, 0.25) is 0 Å². The molecule has 0 aromatic heterocycles. The molecule has 1 rings (SSSR count). The number of nitro benzene ring substituents is 1. The van der Waals surface area contributed by atoms with Gasteiger partial charge in [0.25, 0.3) is 5.69 Å². The quantitative estimate of drug-likeness (QED) is 0.279. The Morgan fingerprint density at radius 1 is 1.58 bits per heavy atom. The second-order valence-electron chi connectivity index (χ2n) is 2.10. The summed E-state index contributed by atoms with van der Waals surface area (Å²) in [5, 5.41) is 10.4. The minimum absolute atomic E-state index is 0.0613. The van der Waals surface area contributed by atoms with Crippen molar-refractivity contribution in [1.82, 2.24) is 0 Å². The number of anilines is 1. The lowest BCUT2D eigenvalue weighted by Gasteiger charge is -2.00. The number of hydrogen-bond acceptors (Lipinski definition) is 5. The highest BCUT2D eigenvalue weighted by Gasteiger charge is 2.10. The summed E-state index contributed by atoms with van der Waals surface area (Å²) in [7, 11) is 0. The summed E-state index contributed by atoms with van der Waals surface area (Å²) in [6, 6.07) is 4.44. The van der Waals surface area contributed by atoms with Gasteiger partial charge >= 0.3 is 0 Å². The molecule has 0 radical (unpaired) electrons. The van der Waals surface area contributed by atoms with Crippen molar-refractivity contribution in [3.8, 4) is 0 Å². The van der Waals surface area contributed by atoms with Crippen LogP contribution in [0.5, 0.6) is 0 Å². The summed E-state index contributed by atoms with van der Waals surface area (Å²) in [6.07, 6.45) is 0. The molecule has 0 saturated heterocycles. The normalized spacial score (nSPS) is 9.50. The topological polar surface area (TPSA) is 81.2 Å². The molecule has 0 spiro atoms. The van der Waals surface area contributed by atoms with Crippen molar-refractivity contribution in [2.75, 3.05) is 5.43 Å². The molecule has 1 aromatic rings. The van der Waals surface area contributed by atoms with Gasteiger partial charge in [0.1, 0.15) is 0 Å².